The smallest absolute Gasteiger partial charge is 0.337 e. The fraction of sp³-hybridized carbons (Fsp3) is 0.567. The van der Waals surface area contributed by atoms with Crippen molar-refractivity contribution >= 4 is 59.6 Å². The topological polar surface area (TPSA) is 140 Å². The fourth-order valence-electron chi connectivity index (χ4n) is 6.45. The number of ether oxygens (including phenoxy) is 1. The van der Waals surface area contributed by atoms with Crippen LogP contribution < -0.4 is 16.4 Å². The summed E-state index contributed by atoms with van der Waals surface area (Å²) < 4.78 is 6.99. The molecule has 3 aliphatic rings. The van der Waals surface area contributed by atoms with Gasteiger partial charge in [0.25, 0.3) is 5.91 Å². The Bertz CT molecular complexity index is 1380. The van der Waals surface area contributed by atoms with Crippen molar-refractivity contribution in [1.82, 2.24) is 24.4 Å². The number of anilines is 2. The molecule has 2 aromatic heterocycles. The number of amides is 1. The fourth-order valence-corrected chi connectivity index (χ4v) is 6.45. The van der Waals surface area contributed by atoms with Gasteiger partial charge in [-0.3, -0.25) is 4.79 Å². The van der Waals surface area contributed by atoms with Gasteiger partial charge < -0.3 is 30.6 Å². The molecular weight excluding hydrogens is 591 g/mol. The van der Waals surface area contributed by atoms with Crippen LogP contribution in [0.25, 0.3) is 11.2 Å². The van der Waals surface area contributed by atoms with Crippen molar-refractivity contribution in [1.29, 1.82) is 0 Å². The standard InChI is InChI=1S/C30H40N8O3.2ClH/c1-41-29(40)20-8-6-19(7-9-20)28(39)37-16-14-23(15-17-37)33-26-25-27(38(18-32-25)24-4-2-3-5-24)36-30(35-26)34-22-12-10-21(31)11-13-22;;/h6-9,18,21-24H,2-5,10-17,31H2,1H3,(H2,33,34,35,36);2*1H/t21-,22-;;. The van der Waals surface area contributed by atoms with E-state index in [0.29, 0.717) is 42.2 Å². The van der Waals surface area contributed by atoms with Gasteiger partial charge in [-0.05, 0) is 75.6 Å². The first-order valence-corrected chi connectivity index (χ1v) is 15.0. The summed E-state index contributed by atoms with van der Waals surface area (Å²) in [7, 11) is 1.34. The van der Waals surface area contributed by atoms with Gasteiger partial charge in [-0.2, -0.15) is 9.97 Å². The Hall–Kier alpha value is -3.15. The maximum Gasteiger partial charge on any atom is 0.337 e. The Morgan fingerprint density at radius 3 is 2.14 bits per heavy atom. The first-order valence-electron chi connectivity index (χ1n) is 15.0. The number of likely N-dealkylation sites (tertiary alicyclic amines) is 1. The Morgan fingerprint density at radius 2 is 1.49 bits per heavy atom. The summed E-state index contributed by atoms with van der Waals surface area (Å²) in [6, 6.07) is 7.83. The summed E-state index contributed by atoms with van der Waals surface area (Å²) in [6.07, 6.45) is 12.4. The molecule has 1 aliphatic heterocycles. The number of benzene rings is 1. The van der Waals surface area contributed by atoms with Gasteiger partial charge in [-0.25, -0.2) is 9.78 Å². The molecule has 0 unspecified atom stereocenters. The molecule has 0 radical (unpaired) electrons. The van der Waals surface area contributed by atoms with E-state index in [1.54, 1.807) is 24.3 Å². The van der Waals surface area contributed by atoms with Crippen molar-refractivity contribution in [2.24, 2.45) is 5.73 Å². The Balaban J connectivity index is 0.00000212. The molecule has 1 amide bonds. The van der Waals surface area contributed by atoms with Crippen molar-refractivity contribution in [2.45, 2.75) is 88.4 Å². The number of nitrogens with two attached hydrogens (primary N) is 1. The summed E-state index contributed by atoms with van der Waals surface area (Å²) in [4.78, 5) is 41.4. The first-order chi connectivity index (χ1) is 20.0. The predicted molar refractivity (Wildman–Crippen MR) is 172 cm³/mol. The quantitative estimate of drug-likeness (QED) is 0.308. The summed E-state index contributed by atoms with van der Waals surface area (Å²) in [5.74, 6) is 0.954. The molecule has 43 heavy (non-hydrogen) atoms. The molecule has 0 bridgehead atoms. The molecule has 3 heterocycles. The maximum absolute atomic E-state index is 13.1. The zero-order valence-corrected chi connectivity index (χ0v) is 26.2. The molecule has 234 valence electrons. The second kappa shape index (κ2) is 14.5. The summed E-state index contributed by atoms with van der Waals surface area (Å²) in [5, 5.41) is 7.25. The number of carbonyl (C=O) groups is 2. The molecular formula is C30H42Cl2N8O3. The highest BCUT2D eigenvalue weighted by atomic mass is 35.5. The van der Waals surface area contributed by atoms with E-state index in [-0.39, 0.29) is 42.8 Å². The van der Waals surface area contributed by atoms with Crippen molar-refractivity contribution in [3.8, 4) is 0 Å². The summed E-state index contributed by atoms with van der Waals surface area (Å²) in [6.45, 7) is 1.26. The SMILES string of the molecule is COC(=O)c1ccc(C(=O)N2CCC(Nc3nc(N[C@H]4CC[C@H](N)CC4)nc4c3ncn4C3CCCC3)CC2)cc1.Cl.Cl. The van der Waals surface area contributed by atoms with Gasteiger partial charge in [0, 0.05) is 42.8 Å². The van der Waals surface area contributed by atoms with Crippen molar-refractivity contribution in [3.63, 3.8) is 0 Å². The molecule has 2 aliphatic carbocycles. The number of hydrogen-bond donors (Lipinski definition) is 3. The molecule has 0 atom stereocenters. The lowest BCUT2D eigenvalue weighted by Gasteiger charge is -2.33. The van der Waals surface area contributed by atoms with E-state index in [4.69, 9.17) is 25.4 Å². The molecule has 3 aromatic rings. The van der Waals surface area contributed by atoms with Crippen molar-refractivity contribution in [3.05, 3.63) is 41.7 Å². The number of imidazole rings is 1. The molecule has 4 N–H and O–H groups in total. The number of esters is 1. The van der Waals surface area contributed by atoms with Gasteiger partial charge in [-0.1, -0.05) is 12.8 Å². The van der Waals surface area contributed by atoms with Gasteiger partial charge in [0.2, 0.25) is 5.95 Å². The number of halogens is 2. The van der Waals surface area contributed by atoms with Crippen molar-refractivity contribution in [2.75, 3.05) is 30.8 Å². The second-order valence-corrected chi connectivity index (χ2v) is 11.7. The van der Waals surface area contributed by atoms with E-state index in [1.807, 2.05) is 11.2 Å². The van der Waals surface area contributed by atoms with Gasteiger partial charge >= 0.3 is 5.97 Å². The van der Waals surface area contributed by atoms with E-state index in [2.05, 4.69) is 15.2 Å². The van der Waals surface area contributed by atoms with E-state index in [0.717, 1.165) is 68.3 Å². The van der Waals surface area contributed by atoms with Crippen LogP contribution in [0.15, 0.2) is 30.6 Å². The number of carbonyl (C=O) groups excluding carboxylic acids is 2. The number of piperidine rings is 1. The lowest BCUT2D eigenvalue weighted by atomic mass is 9.92. The van der Waals surface area contributed by atoms with Crippen LogP contribution in [0.1, 0.15) is 91.0 Å². The number of rotatable bonds is 7. The highest BCUT2D eigenvalue weighted by Gasteiger charge is 2.27. The van der Waals surface area contributed by atoms with E-state index in [9.17, 15) is 9.59 Å². The minimum Gasteiger partial charge on any atom is -0.465 e. The second-order valence-electron chi connectivity index (χ2n) is 11.7. The first kappa shape index (κ1) is 32.8. The van der Waals surface area contributed by atoms with Crippen LogP contribution in [0.4, 0.5) is 11.8 Å². The number of nitrogens with zero attached hydrogens (tertiary/aromatic N) is 5. The van der Waals surface area contributed by atoms with Crippen molar-refractivity contribution < 1.29 is 14.3 Å². The normalized spacial score (nSPS) is 21.1. The van der Waals surface area contributed by atoms with Crippen LogP contribution >= 0.6 is 24.8 Å². The van der Waals surface area contributed by atoms with E-state index >= 15 is 0 Å². The molecule has 13 heteroatoms. The number of nitrogens with one attached hydrogen (secondary N) is 2. The predicted octanol–water partition coefficient (Wildman–Crippen LogP) is 4.97. The van der Waals surface area contributed by atoms with Crippen LogP contribution in [0.2, 0.25) is 0 Å². The van der Waals surface area contributed by atoms with Crippen LogP contribution in [-0.4, -0.2) is 74.6 Å². The Kier molecular flexibility index (Phi) is 11.1. The average Bonchev–Trinajstić information content (AvgIpc) is 3.69. The Morgan fingerprint density at radius 1 is 0.860 bits per heavy atom. The number of methoxy groups -OCH3 is 1. The van der Waals surface area contributed by atoms with Crippen LogP contribution in [0.5, 0.6) is 0 Å². The lowest BCUT2D eigenvalue weighted by molar-refractivity contribution is 0.0599. The average molecular weight is 634 g/mol. The van der Waals surface area contributed by atoms with Crippen LogP contribution in [0.3, 0.4) is 0 Å². The van der Waals surface area contributed by atoms with Gasteiger partial charge in [0.05, 0.1) is 19.0 Å². The molecule has 2 saturated carbocycles. The van der Waals surface area contributed by atoms with Gasteiger partial charge in [0.15, 0.2) is 17.0 Å². The molecule has 3 fully saturated rings. The number of hydrogen-bond acceptors (Lipinski definition) is 9. The maximum atomic E-state index is 13.1. The summed E-state index contributed by atoms with van der Waals surface area (Å²) >= 11 is 0. The molecule has 1 aromatic carbocycles. The summed E-state index contributed by atoms with van der Waals surface area (Å²) in [5.41, 5.74) is 8.81. The molecule has 6 rings (SSSR count). The minimum absolute atomic E-state index is 0. The molecule has 0 spiro atoms. The van der Waals surface area contributed by atoms with Crippen LogP contribution in [0, 0.1) is 0 Å². The van der Waals surface area contributed by atoms with E-state index in [1.165, 1.54) is 20.0 Å². The zero-order valence-electron chi connectivity index (χ0n) is 24.5. The lowest BCUT2D eigenvalue weighted by Crippen LogP contribution is -2.42. The highest BCUT2D eigenvalue weighted by molar-refractivity contribution is 5.96. The number of aromatic nitrogens is 4. The monoisotopic (exact) mass is 632 g/mol. The third-order valence-electron chi connectivity index (χ3n) is 8.92. The highest BCUT2D eigenvalue weighted by Crippen LogP contribution is 2.34. The minimum atomic E-state index is -0.413. The Labute approximate surface area is 264 Å². The molecule has 11 nitrogen and oxygen atoms in total. The molecule has 1 saturated heterocycles. The third kappa shape index (κ3) is 7.33. The number of fused-ring (bicyclic) bond motifs is 1. The van der Waals surface area contributed by atoms with Gasteiger partial charge in [-0.15, -0.1) is 24.8 Å². The van der Waals surface area contributed by atoms with Gasteiger partial charge in [0.1, 0.15) is 0 Å². The zero-order chi connectivity index (χ0) is 28.3. The van der Waals surface area contributed by atoms with Crippen LogP contribution in [-0.2, 0) is 4.74 Å². The largest absolute Gasteiger partial charge is 0.465 e. The van der Waals surface area contributed by atoms with E-state index < -0.39 is 5.97 Å². The third-order valence-corrected chi connectivity index (χ3v) is 8.92.